The molecule has 2 rings (SSSR count). The Labute approximate surface area is 119 Å². The topological polar surface area (TPSA) is 58.6 Å². The number of nitrogens with zero attached hydrogens (tertiary/aromatic N) is 4. The van der Waals surface area contributed by atoms with E-state index in [0.717, 1.165) is 12.2 Å². The average Bonchev–Trinajstić information content (AvgIpc) is 2.86. The van der Waals surface area contributed by atoms with Crippen molar-refractivity contribution in [3.05, 3.63) is 18.6 Å². The first kappa shape index (κ1) is 14.6. The lowest BCUT2D eigenvalue weighted by Crippen LogP contribution is -2.39. The Morgan fingerprint density at radius 1 is 1.45 bits per heavy atom. The largest absolute Gasteiger partial charge is 0.444 e. The SMILES string of the molecule is CN(c1cnccn1)[C@H]1CCN(C(=O)OC(C)(C)C)C1. The van der Waals surface area contributed by atoms with E-state index in [-0.39, 0.29) is 12.1 Å². The second-order valence-corrected chi connectivity index (χ2v) is 6.04. The predicted molar refractivity (Wildman–Crippen MR) is 76.6 cm³/mol. The normalized spacial score (nSPS) is 19.0. The van der Waals surface area contributed by atoms with Gasteiger partial charge >= 0.3 is 6.09 Å². The zero-order chi connectivity index (χ0) is 14.8. The summed E-state index contributed by atoms with van der Waals surface area (Å²) in [7, 11) is 1.98. The van der Waals surface area contributed by atoms with Crippen molar-refractivity contribution in [3.8, 4) is 0 Å². The van der Waals surface area contributed by atoms with E-state index in [2.05, 4.69) is 14.9 Å². The van der Waals surface area contributed by atoms with Gasteiger partial charge in [0.15, 0.2) is 0 Å². The van der Waals surface area contributed by atoms with Crippen LogP contribution in [0, 0.1) is 0 Å². The number of rotatable bonds is 2. The number of aromatic nitrogens is 2. The molecule has 0 aliphatic carbocycles. The van der Waals surface area contributed by atoms with Crippen molar-refractivity contribution in [3.63, 3.8) is 0 Å². The van der Waals surface area contributed by atoms with E-state index in [9.17, 15) is 4.79 Å². The number of amides is 1. The number of likely N-dealkylation sites (tertiary alicyclic amines) is 1. The second-order valence-electron chi connectivity index (χ2n) is 6.04. The number of ether oxygens (including phenoxy) is 1. The highest BCUT2D eigenvalue weighted by molar-refractivity contribution is 5.68. The molecule has 0 radical (unpaired) electrons. The molecule has 0 saturated carbocycles. The van der Waals surface area contributed by atoms with Crippen LogP contribution < -0.4 is 4.90 Å². The molecular formula is C14H22N4O2. The Kier molecular flexibility index (Phi) is 4.11. The number of carbonyl (C=O) groups excluding carboxylic acids is 1. The average molecular weight is 278 g/mol. The van der Waals surface area contributed by atoms with E-state index in [4.69, 9.17) is 4.74 Å². The van der Waals surface area contributed by atoms with Crippen LogP contribution in [0.3, 0.4) is 0 Å². The van der Waals surface area contributed by atoms with Gasteiger partial charge in [-0.2, -0.15) is 0 Å². The van der Waals surface area contributed by atoms with Gasteiger partial charge in [-0.25, -0.2) is 9.78 Å². The molecule has 6 nitrogen and oxygen atoms in total. The molecule has 1 aliphatic heterocycles. The maximum atomic E-state index is 12.0. The van der Waals surface area contributed by atoms with Crippen LogP contribution >= 0.6 is 0 Å². The number of anilines is 1. The lowest BCUT2D eigenvalue weighted by atomic mass is 10.2. The van der Waals surface area contributed by atoms with Gasteiger partial charge in [0.25, 0.3) is 0 Å². The molecule has 1 aromatic rings. The summed E-state index contributed by atoms with van der Waals surface area (Å²) >= 11 is 0. The van der Waals surface area contributed by atoms with Crippen molar-refractivity contribution in [1.82, 2.24) is 14.9 Å². The lowest BCUT2D eigenvalue weighted by molar-refractivity contribution is 0.0292. The number of hydrogen-bond acceptors (Lipinski definition) is 5. The van der Waals surface area contributed by atoms with Crippen LogP contribution in [0.25, 0.3) is 0 Å². The van der Waals surface area contributed by atoms with E-state index < -0.39 is 5.60 Å². The summed E-state index contributed by atoms with van der Waals surface area (Å²) in [6.45, 7) is 7.00. The Bertz CT molecular complexity index is 458. The molecule has 2 heterocycles. The minimum absolute atomic E-state index is 0.243. The summed E-state index contributed by atoms with van der Waals surface area (Å²) in [6, 6.07) is 0.249. The van der Waals surface area contributed by atoms with Crippen molar-refractivity contribution in [1.29, 1.82) is 0 Å². The first-order valence-electron chi connectivity index (χ1n) is 6.83. The molecule has 110 valence electrons. The van der Waals surface area contributed by atoms with E-state index in [0.29, 0.717) is 13.1 Å². The highest BCUT2D eigenvalue weighted by atomic mass is 16.6. The van der Waals surface area contributed by atoms with Gasteiger partial charge < -0.3 is 14.5 Å². The van der Waals surface area contributed by atoms with Crippen LogP contribution in [0.4, 0.5) is 10.6 Å². The first-order chi connectivity index (χ1) is 9.37. The molecule has 1 saturated heterocycles. The summed E-state index contributed by atoms with van der Waals surface area (Å²) in [5.41, 5.74) is -0.452. The summed E-state index contributed by atoms with van der Waals surface area (Å²) in [4.78, 5) is 24.2. The third-order valence-electron chi connectivity index (χ3n) is 3.27. The highest BCUT2D eigenvalue weighted by Crippen LogP contribution is 2.20. The fraction of sp³-hybridized carbons (Fsp3) is 0.643. The van der Waals surface area contributed by atoms with E-state index in [1.165, 1.54) is 0 Å². The molecule has 6 heteroatoms. The molecule has 1 atom stereocenters. The van der Waals surface area contributed by atoms with Crippen LogP contribution in [-0.4, -0.2) is 52.7 Å². The smallest absolute Gasteiger partial charge is 0.410 e. The minimum atomic E-state index is -0.452. The third kappa shape index (κ3) is 3.59. The van der Waals surface area contributed by atoms with Crippen molar-refractivity contribution < 1.29 is 9.53 Å². The Morgan fingerprint density at radius 2 is 2.20 bits per heavy atom. The van der Waals surface area contributed by atoms with Gasteiger partial charge in [-0.05, 0) is 27.2 Å². The maximum absolute atomic E-state index is 12.0. The molecule has 0 bridgehead atoms. The van der Waals surface area contributed by atoms with Gasteiger partial charge in [-0.3, -0.25) is 4.98 Å². The monoisotopic (exact) mass is 278 g/mol. The Hall–Kier alpha value is -1.85. The summed E-state index contributed by atoms with van der Waals surface area (Å²) < 4.78 is 5.40. The number of hydrogen-bond donors (Lipinski definition) is 0. The summed E-state index contributed by atoms with van der Waals surface area (Å²) in [6.07, 6.45) is 5.72. The highest BCUT2D eigenvalue weighted by Gasteiger charge is 2.32. The number of likely N-dealkylation sites (N-methyl/N-ethyl adjacent to an activating group) is 1. The van der Waals surface area contributed by atoms with Crippen LogP contribution in [0.1, 0.15) is 27.2 Å². The Balaban J connectivity index is 1.94. The Morgan fingerprint density at radius 3 is 2.80 bits per heavy atom. The molecule has 0 N–H and O–H groups in total. The van der Waals surface area contributed by atoms with Gasteiger partial charge in [-0.15, -0.1) is 0 Å². The first-order valence-corrected chi connectivity index (χ1v) is 6.83. The fourth-order valence-electron chi connectivity index (χ4n) is 2.21. The van der Waals surface area contributed by atoms with Crippen molar-refractivity contribution in [2.45, 2.75) is 38.8 Å². The van der Waals surface area contributed by atoms with E-state index in [1.807, 2.05) is 27.8 Å². The van der Waals surface area contributed by atoms with Crippen LogP contribution in [0.5, 0.6) is 0 Å². The van der Waals surface area contributed by atoms with Crippen molar-refractivity contribution >= 4 is 11.9 Å². The summed E-state index contributed by atoms with van der Waals surface area (Å²) in [5, 5.41) is 0. The fourth-order valence-corrected chi connectivity index (χ4v) is 2.21. The van der Waals surface area contributed by atoms with Gasteiger partial charge in [0.2, 0.25) is 0 Å². The lowest BCUT2D eigenvalue weighted by Gasteiger charge is -2.27. The van der Waals surface area contributed by atoms with Gasteiger partial charge in [0.05, 0.1) is 6.20 Å². The molecular weight excluding hydrogens is 256 g/mol. The molecule has 1 aliphatic rings. The van der Waals surface area contributed by atoms with Gasteiger partial charge in [-0.1, -0.05) is 0 Å². The minimum Gasteiger partial charge on any atom is -0.444 e. The molecule has 1 amide bonds. The quantitative estimate of drug-likeness (QED) is 0.827. The van der Waals surface area contributed by atoms with Crippen LogP contribution in [0.15, 0.2) is 18.6 Å². The predicted octanol–water partition coefficient (Wildman–Crippen LogP) is 1.92. The van der Waals surface area contributed by atoms with E-state index >= 15 is 0 Å². The standard InChI is InChI=1S/C14H22N4O2/c1-14(2,3)20-13(19)18-8-5-11(10-18)17(4)12-9-15-6-7-16-12/h6-7,9,11H,5,8,10H2,1-4H3/t11-/m0/s1. The zero-order valence-corrected chi connectivity index (χ0v) is 12.5. The molecule has 1 aromatic heterocycles. The van der Waals surface area contributed by atoms with Crippen molar-refractivity contribution in [2.75, 3.05) is 25.0 Å². The number of carbonyl (C=O) groups is 1. The van der Waals surface area contributed by atoms with Crippen LogP contribution in [0.2, 0.25) is 0 Å². The zero-order valence-electron chi connectivity index (χ0n) is 12.5. The molecule has 20 heavy (non-hydrogen) atoms. The maximum Gasteiger partial charge on any atom is 0.410 e. The van der Waals surface area contributed by atoms with Crippen LogP contribution in [-0.2, 0) is 4.74 Å². The molecule has 0 unspecified atom stereocenters. The van der Waals surface area contributed by atoms with Crippen molar-refractivity contribution in [2.24, 2.45) is 0 Å². The van der Waals surface area contributed by atoms with E-state index in [1.54, 1.807) is 23.5 Å². The van der Waals surface area contributed by atoms with Gasteiger partial charge in [0, 0.05) is 38.6 Å². The molecule has 1 fully saturated rings. The van der Waals surface area contributed by atoms with Gasteiger partial charge in [0.1, 0.15) is 11.4 Å². The summed E-state index contributed by atoms with van der Waals surface area (Å²) in [5.74, 6) is 0.823. The third-order valence-corrected chi connectivity index (χ3v) is 3.27. The second kappa shape index (κ2) is 5.64. The molecule has 0 aromatic carbocycles. The molecule has 0 spiro atoms.